The average Bonchev–Trinajstić information content (AvgIpc) is 2.48. The fourth-order valence-electron chi connectivity index (χ4n) is 2.09. The molecule has 0 aliphatic heterocycles. The van der Waals surface area contributed by atoms with Gasteiger partial charge in [0.25, 0.3) is 0 Å². The van der Waals surface area contributed by atoms with Crippen LogP contribution in [-0.2, 0) is 6.42 Å². The Hall–Kier alpha value is -2.41. The van der Waals surface area contributed by atoms with Crippen LogP contribution in [0.15, 0.2) is 30.6 Å². The summed E-state index contributed by atoms with van der Waals surface area (Å²) >= 11 is 0. The molecule has 0 fully saturated rings. The van der Waals surface area contributed by atoms with Crippen LogP contribution >= 0.6 is 0 Å². The third-order valence-electron chi connectivity index (χ3n) is 3.38. The summed E-state index contributed by atoms with van der Waals surface area (Å²) in [6, 6.07) is 10.3. The molecule has 0 radical (unpaired) electrons. The summed E-state index contributed by atoms with van der Waals surface area (Å²) in [5.74, 6) is 0.779. The number of likely N-dealkylation sites (N-methyl/N-ethyl adjacent to an activating group) is 1. The highest BCUT2D eigenvalue weighted by Crippen LogP contribution is 2.14. The van der Waals surface area contributed by atoms with E-state index >= 15 is 0 Å². The molecule has 4 heteroatoms. The molecule has 2 aromatic rings. The molecule has 0 aliphatic carbocycles. The molecule has 0 N–H and O–H groups in total. The minimum Gasteiger partial charge on any atom is -0.359 e. The molecule has 1 aromatic heterocycles. The summed E-state index contributed by atoms with van der Waals surface area (Å²) in [5, 5.41) is 8.86. The number of nitriles is 1. The van der Waals surface area contributed by atoms with E-state index in [0.717, 1.165) is 18.8 Å². The highest BCUT2D eigenvalue weighted by atomic mass is 15.2. The summed E-state index contributed by atoms with van der Waals surface area (Å²) in [4.78, 5) is 10.1. The van der Waals surface area contributed by atoms with E-state index in [4.69, 9.17) is 5.26 Å². The predicted octanol–water partition coefficient (Wildman–Crippen LogP) is 2.64. The smallest absolute Gasteiger partial charge is 0.145 e. The second-order valence-electron chi connectivity index (χ2n) is 4.97. The van der Waals surface area contributed by atoms with E-state index in [1.807, 2.05) is 18.0 Å². The van der Waals surface area contributed by atoms with Crippen molar-refractivity contribution in [3.8, 4) is 6.07 Å². The van der Waals surface area contributed by atoms with Gasteiger partial charge in [-0.3, -0.25) is 0 Å². The Balaban J connectivity index is 2.06. The maximum absolute atomic E-state index is 8.86. The summed E-state index contributed by atoms with van der Waals surface area (Å²) in [6.07, 6.45) is 2.39. The summed E-state index contributed by atoms with van der Waals surface area (Å²) in [7, 11) is 1.98. The third-order valence-corrected chi connectivity index (χ3v) is 3.38. The van der Waals surface area contributed by atoms with Crippen LogP contribution in [0.2, 0.25) is 0 Å². The van der Waals surface area contributed by atoms with E-state index in [-0.39, 0.29) is 0 Å². The van der Waals surface area contributed by atoms with E-state index in [0.29, 0.717) is 5.69 Å². The number of aromatic nitrogens is 2. The molecule has 4 nitrogen and oxygen atoms in total. The number of anilines is 1. The number of aryl methyl sites for hydroxylation is 2. The van der Waals surface area contributed by atoms with Gasteiger partial charge in [0, 0.05) is 19.7 Å². The number of hydrogen-bond acceptors (Lipinski definition) is 4. The lowest BCUT2D eigenvalue weighted by Crippen LogP contribution is -2.22. The van der Waals surface area contributed by atoms with Crippen molar-refractivity contribution in [3.05, 3.63) is 53.0 Å². The first kappa shape index (κ1) is 14.0. The van der Waals surface area contributed by atoms with Gasteiger partial charge in [0.2, 0.25) is 0 Å². The Bertz CT molecular complexity index is 643. The first-order valence-electron chi connectivity index (χ1n) is 6.59. The molecule has 0 saturated carbocycles. The highest BCUT2D eigenvalue weighted by Gasteiger charge is 2.06. The Morgan fingerprint density at radius 3 is 2.75 bits per heavy atom. The van der Waals surface area contributed by atoms with Crippen molar-refractivity contribution < 1.29 is 0 Å². The van der Waals surface area contributed by atoms with Crippen molar-refractivity contribution in [2.75, 3.05) is 18.5 Å². The highest BCUT2D eigenvalue weighted by molar-refractivity contribution is 5.41. The molecule has 20 heavy (non-hydrogen) atoms. The van der Waals surface area contributed by atoms with Gasteiger partial charge in [-0.2, -0.15) is 5.26 Å². The Morgan fingerprint density at radius 1 is 1.20 bits per heavy atom. The monoisotopic (exact) mass is 266 g/mol. The maximum Gasteiger partial charge on any atom is 0.145 e. The van der Waals surface area contributed by atoms with Crippen LogP contribution in [0, 0.1) is 25.2 Å². The average molecular weight is 266 g/mol. The molecule has 102 valence electrons. The topological polar surface area (TPSA) is 52.8 Å². The van der Waals surface area contributed by atoms with Crippen LogP contribution in [0.25, 0.3) is 0 Å². The maximum atomic E-state index is 8.86. The normalized spacial score (nSPS) is 10.1. The zero-order valence-corrected chi connectivity index (χ0v) is 12.1. The number of rotatable bonds is 4. The fraction of sp³-hybridized carbons (Fsp3) is 0.312. The molecule has 0 atom stereocenters. The molecule has 0 spiro atoms. The van der Waals surface area contributed by atoms with Crippen molar-refractivity contribution in [3.63, 3.8) is 0 Å². The van der Waals surface area contributed by atoms with E-state index in [1.165, 1.54) is 23.0 Å². The van der Waals surface area contributed by atoms with Crippen LogP contribution in [0.1, 0.15) is 22.4 Å². The van der Waals surface area contributed by atoms with E-state index < -0.39 is 0 Å². The summed E-state index contributed by atoms with van der Waals surface area (Å²) < 4.78 is 0. The van der Waals surface area contributed by atoms with Crippen molar-refractivity contribution in [1.82, 2.24) is 9.97 Å². The molecule has 1 aromatic carbocycles. The lowest BCUT2D eigenvalue weighted by Gasteiger charge is -2.18. The van der Waals surface area contributed by atoms with Crippen LogP contribution in [-0.4, -0.2) is 23.6 Å². The van der Waals surface area contributed by atoms with Crippen LogP contribution in [0.3, 0.4) is 0 Å². The van der Waals surface area contributed by atoms with Gasteiger partial charge in [0.15, 0.2) is 0 Å². The van der Waals surface area contributed by atoms with Gasteiger partial charge >= 0.3 is 0 Å². The summed E-state index contributed by atoms with van der Waals surface area (Å²) in [6.45, 7) is 5.09. The molecular weight excluding hydrogens is 248 g/mol. The van der Waals surface area contributed by atoms with Crippen molar-refractivity contribution in [2.45, 2.75) is 20.3 Å². The van der Waals surface area contributed by atoms with Gasteiger partial charge in [0.1, 0.15) is 23.9 Å². The lowest BCUT2D eigenvalue weighted by atomic mass is 10.0. The van der Waals surface area contributed by atoms with E-state index in [9.17, 15) is 0 Å². The zero-order chi connectivity index (χ0) is 14.5. The number of benzene rings is 1. The summed E-state index contributed by atoms with van der Waals surface area (Å²) in [5.41, 5.74) is 4.34. The standard InChI is InChI=1S/C16H18N4/c1-12-4-5-13(2)14(8-12)6-7-20(3)16-9-15(10-17)18-11-19-16/h4-5,8-9,11H,6-7H2,1-3H3. The van der Waals surface area contributed by atoms with Crippen molar-refractivity contribution >= 4 is 5.82 Å². The number of hydrogen-bond donors (Lipinski definition) is 0. The largest absolute Gasteiger partial charge is 0.359 e. The molecule has 2 rings (SSSR count). The van der Waals surface area contributed by atoms with Crippen LogP contribution < -0.4 is 4.90 Å². The second kappa shape index (κ2) is 6.16. The minimum atomic E-state index is 0.397. The number of nitrogens with zero attached hydrogens (tertiary/aromatic N) is 4. The van der Waals surface area contributed by atoms with Gasteiger partial charge in [-0.1, -0.05) is 23.8 Å². The quantitative estimate of drug-likeness (QED) is 0.853. The molecule has 1 heterocycles. The Kier molecular flexibility index (Phi) is 4.31. The van der Waals surface area contributed by atoms with Gasteiger partial charge in [-0.25, -0.2) is 9.97 Å². The van der Waals surface area contributed by atoms with Crippen LogP contribution in [0.4, 0.5) is 5.82 Å². The zero-order valence-electron chi connectivity index (χ0n) is 12.1. The lowest BCUT2D eigenvalue weighted by molar-refractivity contribution is 0.849. The molecule has 0 aliphatic rings. The molecule has 0 bridgehead atoms. The van der Waals surface area contributed by atoms with Gasteiger partial charge < -0.3 is 4.90 Å². The van der Waals surface area contributed by atoms with E-state index in [2.05, 4.69) is 42.0 Å². The Labute approximate surface area is 119 Å². The van der Waals surface area contributed by atoms with Gasteiger partial charge in [-0.15, -0.1) is 0 Å². The van der Waals surface area contributed by atoms with Gasteiger partial charge in [-0.05, 0) is 31.4 Å². The SMILES string of the molecule is Cc1ccc(C)c(CCN(C)c2cc(C#N)ncn2)c1. The van der Waals surface area contributed by atoms with Crippen LogP contribution in [0.5, 0.6) is 0 Å². The first-order valence-corrected chi connectivity index (χ1v) is 6.59. The fourth-order valence-corrected chi connectivity index (χ4v) is 2.09. The first-order chi connectivity index (χ1) is 9.60. The minimum absolute atomic E-state index is 0.397. The molecule has 0 unspecified atom stereocenters. The third kappa shape index (κ3) is 3.33. The Morgan fingerprint density at radius 2 is 2.00 bits per heavy atom. The van der Waals surface area contributed by atoms with Crippen molar-refractivity contribution in [1.29, 1.82) is 5.26 Å². The van der Waals surface area contributed by atoms with Gasteiger partial charge in [0.05, 0.1) is 0 Å². The molecule has 0 amide bonds. The van der Waals surface area contributed by atoms with Crippen molar-refractivity contribution in [2.24, 2.45) is 0 Å². The second-order valence-corrected chi connectivity index (χ2v) is 4.97. The molecule has 0 saturated heterocycles. The molecular formula is C16H18N4. The predicted molar refractivity (Wildman–Crippen MR) is 79.6 cm³/mol. The van der Waals surface area contributed by atoms with E-state index in [1.54, 1.807) is 6.07 Å².